The molecule has 0 spiro atoms. The number of hydrogen-bond acceptors (Lipinski definition) is 9. The minimum absolute atomic E-state index is 0.230. The average Bonchev–Trinajstić information content (AvgIpc) is 3.16. The highest BCUT2D eigenvalue weighted by Crippen LogP contribution is 2.45. The molecule has 2 aromatic heterocycles. The number of aromatic nitrogens is 4. The van der Waals surface area contributed by atoms with Gasteiger partial charge in [0.15, 0.2) is 23.5 Å². The summed E-state index contributed by atoms with van der Waals surface area (Å²) < 4.78 is 34.9. The molecule has 2 aliphatic heterocycles. The van der Waals surface area contributed by atoms with Crippen LogP contribution in [0.25, 0.3) is 11.2 Å². The summed E-state index contributed by atoms with van der Waals surface area (Å²) in [5.74, 6) is -0.657. The highest BCUT2D eigenvalue weighted by Gasteiger charge is 2.56. The third-order valence-electron chi connectivity index (χ3n) is 4.19. The molecule has 1 unspecified atom stereocenters. The molecule has 0 aliphatic carbocycles. The van der Waals surface area contributed by atoms with Gasteiger partial charge in [0.1, 0.15) is 30.2 Å². The van der Waals surface area contributed by atoms with Crippen molar-refractivity contribution in [2.75, 3.05) is 12.3 Å². The van der Waals surface area contributed by atoms with Crippen LogP contribution in [0.4, 0.5) is 5.82 Å². The smallest absolute Gasteiger partial charge is 0.382 e. The second-order valence-electron chi connectivity index (χ2n) is 6.50. The molecule has 142 valence electrons. The van der Waals surface area contributed by atoms with Gasteiger partial charge in [0.2, 0.25) is 0 Å². The molecule has 2 aliphatic rings. The lowest BCUT2D eigenvalue weighted by molar-refractivity contribution is -0.199. The van der Waals surface area contributed by atoms with Crippen LogP contribution in [-0.2, 0) is 23.3 Å². The van der Waals surface area contributed by atoms with Gasteiger partial charge in [0.25, 0.3) is 0 Å². The van der Waals surface area contributed by atoms with E-state index >= 15 is 0 Å². The third kappa shape index (κ3) is 3.09. The van der Waals surface area contributed by atoms with E-state index in [0.717, 1.165) is 0 Å². The lowest BCUT2D eigenvalue weighted by Gasteiger charge is -2.24. The Hall–Kier alpha value is -1.66. The zero-order chi connectivity index (χ0) is 18.7. The second kappa shape index (κ2) is 5.92. The summed E-state index contributed by atoms with van der Waals surface area (Å²) >= 11 is 0. The van der Waals surface area contributed by atoms with Crippen LogP contribution in [0.2, 0.25) is 0 Å². The largest absolute Gasteiger partial charge is 0.469 e. The normalized spacial score (nSPS) is 30.8. The highest BCUT2D eigenvalue weighted by molar-refractivity contribution is 7.46. The first-order valence-corrected chi connectivity index (χ1v) is 9.32. The van der Waals surface area contributed by atoms with Crippen LogP contribution in [0.5, 0.6) is 0 Å². The molecule has 26 heavy (non-hydrogen) atoms. The Kier molecular flexibility index (Phi) is 4.04. The minimum atomic E-state index is -4.64. The molecule has 0 amide bonds. The van der Waals surface area contributed by atoms with Crippen LogP contribution in [0.1, 0.15) is 20.1 Å². The number of anilines is 1. The van der Waals surface area contributed by atoms with Crippen molar-refractivity contribution < 1.29 is 33.1 Å². The molecule has 13 heteroatoms. The molecule has 4 rings (SSSR count). The number of nitrogens with two attached hydrogens (primary N) is 1. The van der Waals surface area contributed by atoms with Crippen LogP contribution in [0.3, 0.4) is 0 Å². The van der Waals surface area contributed by atoms with E-state index in [1.807, 2.05) is 0 Å². The molecule has 0 radical (unpaired) electrons. The Balaban J connectivity index is 1.67. The average molecular weight is 387 g/mol. The summed E-state index contributed by atoms with van der Waals surface area (Å²) in [6, 6.07) is 0. The number of rotatable bonds is 4. The number of phosphoric ester groups is 1. The first-order valence-electron chi connectivity index (χ1n) is 7.79. The van der Waals surface area contributed by atoms with Crippen LogP contribution in [0.15, 0.2) is 12.7 Å². The molecular weight excluding hydrogens is 369 g/mol. The van der Waals surface area contributed by atoms with Gasteiger partial charge in [-0.05, 0) is 13.8 Å². The van der Waals surface area contributed by atoms with Gasteiger partial charge >= 0.3 is 7.82 Å². The zero-order valence-corrected chi connectivity index (χ0v) is 14.8. The first-order chi connectivity index (χ1) is 12.1. The van der Waals surface area contributed by atoms with Gasteiger partial charge in [0.05, 0.1) is 12.9 Å². The van der Waals surface area contributed by atoms with Gasteiger partial charge in [-0.25, -0.2) is 19.5 Å². The van der Waals surface area contributed by atoms with Gasteiger partial charge in [0, 0.05) is 0 Å². The van der Waals surface area contributed by atoms with Crippen LogP contribution >= 0.6 is 7.82 Å². The Morgan fingerprint density at radius 1 is 1.31 bits per heavy atom. The predicted molar refractivity (Wildman–Crippen MR) is 85.5 cm³/mol. The van der Waals surface area contributed by atoms with Gasteiger partial charge in [-0.2, -0.15) is 0 Å². The van der Waals surface area contributed by atoms with E-state index in [2.05, 4.69) is 19.5 Å². The predicted octanol–water partition coefficient (Wildman–Crippen LogP) is -0.0647. The van der Waals surface area contributed by atoms with E-state index in [0.29, 0.717) is 11.2 Å². The van der Waals surface area contributed by atoms with E-state index in [1.54, 1.807) is 18.4 Å². The van der Waals surface area contributed by atoms with Crippen LogP contribution in [-0.4, -0.2) is 60.0 Å². The monoisotopic (exact) mass is 387 g/mol. The summed E-state index contributed by atoms with van der Waals surface area (Å²) in [6.45, 7) is 3.13. The van der Waals surface area contributed by atoms with Gasteiger partial charge in [-0.1, -0.05) is 0 Å². The van der Waals surface area contributed by atoms with Gasteiger partial charge < -0.3 is 29.7 Å². The topological polar surface area (TPSA) is 164 Å². The fourth-order valence-electron chi connectivity index (χ4n) is 3.24. The van der Waals surface area contributed by atoms with Crippen molar-refractivity contribution in [2.45, 2.75) is 44.2 Å². The molecule has 4 N–H and O–H groups in total. The fraction of sp³-hybridized carbons (Fsp3) is 0.615. The molecule has 2 fully saturated rings. The number of fused-ring (bicyclic) bond motifs is 2. The standard InChI is InChI=1S/C13H18N5O7P/c1-13(2)24-8-6(3-22-26(19,20)21)23-12(9(8)25-13)18-5-17-7-10(14)15-4-16-11(7)18/h4-6,8-9,12H,3H2,1-2H3,(H2,14,15,16)(H2,19,20,21)/t6-,8?,9+,12-/m1/s1. The fourth-order valence-corrected chi connectivity index (χ4v) is 3.59. The van der Waals surface area contributed by atoms with Crippen molar-refractivity contribution in [2.24, 2.45) is 0 Å². The Bertz CT molecular complexity index is 883. The lowest BCUT2D eigenvalue weighted by atomic mass is 10.1. The molecule has 4 atom stereocenters. The van der Waals surface area contributed by atoms with Gasteiger partial charge in [-0.3, -0.25) is 9.09 Å². The molecule has 4 heterocycles. The highest BCUT2D eigenvalue weighted by atomic mass is 31.2. The Morgan fingerprint density at radius 2 is 2.04 bits per heavy atom. The van der Waals surface area contributed by atoms with Crippen LogP contribution < -0.4 is 5.73 Å². The van der Waals surface area contributed by atoms with Crippen molar-refractivity contribution in [3.8, 4) is 0 Å². The number of phosphoric acid groups is 1. The number of nitrogen functional groups attached to an aromatic ring is 1. The summed E-state index contributed by atoms with van der Waals surface area (Å²) in [5.41, 5.74) is 6.68. The number of hydrogen-bond donors (Lipinski definition) is 3. The number of imidazole rings is 1. The van der Waals surface area contributed by atoms with E-state index in [4.69, 9.17) is 29.7 Å². The van der Waals surface area contributed by atoms with Gasteiger partial charge in [-0.15, -0.1) is 0 Å². The summed E-state index contributed by atoms with van der Waals surface area (Å²) in [6.07, 6.45) is 0.231. The molecular formula is C13H18N5O7P. The van der Waals surface area contributed by atoms with Crippen molar-refractivity contribution in [3.63, 3.8) is 0 Å². The lowest BCUT2D eigenvalue weighted by Crippen LogP contribution is -2.32. The molecule has 12 nitrogen and oxygen atoms in total. The third-order valence-corrected chi connectivity index (χ3v) is 4.68. The Labute approximate surface area is 147 Å². The summed E-state index contributed by atoms with van der Waals surface area (Å²) in [5, 5.41) is 0. The maximum absolute atomic E-state index is 11.0. The SMILES string of the molecule is CC1(C)OC2[C@@H](COP(=O)(O)O)O[C@@H](n3cnc4c(N)ncnc43)[C@H]2O1. The first kappa shape index (κ1) is 17.7. The van der Waals surface area contributed by atoms with Crippen molar-refractivity contribution in [3.05, 3.63) is 12.7 Å². The molecule has 0 bridgehead atoms. The maximum Gasteiger partial charge on any atom is 0.469 e. The van der Waals surface area contributed by atoms with E-state index in [1.165, 1.54) is 12.7 Å². The Morgan fingerprint density at radius 3 is 2.77 bits per heavy atom. The number of ether oxygens (including phenoxy) is 3. The molecule has 2 aromatic rings. The second-order valence-corrected chi connectivity index (χ2v) is 7.74. The zero-order valence-electron chi connectivity index (χ0n) is 13.9. The number of nitrogens with zero attached hydrogens (tertiary/aromatic N) is 4. The van der Waals surface area contributed by atoms with Crippen LogP contribution in [0, 0.1) is 0 Å². The molecule has 0 saturated carbocycles. The molecule has 0 aromatic carbocycles. The summed E-state index contributed by atoms with van der Waals surface area (Å²) in [7, 11) is -4.64. The van der Waals surface area contributed by atoms with E-state index in [-0.39, 0.29) is 12.4 Å². The summed E-state index contributed by atoms with van der Waals surface area (Å²) in [4.78, 5) is 30.2. The minimum Gasteiger partial charge on any atom is -0.382 e. The maximum atomic E-state index is 11.0. The molecule has 2 saturated heterocycles. The van der Waals surface area contributed by atoms with Crippen molar-refractivity contribution >= 4 is 24.8 Å². The van der Waals surface area contributed by atoms with E-state index < -0.39 is 38.1 Å². The van der Waals surface area contributed by atoms with Crippen molar-refractivity contribution in [1.29, 1.82) is 0 Å². The van der Waals surface area contributed by atoms with E-state index in [9.17, 15) is 4.57 Å². The quantitative estimate of drug-likeness (QED) is 0.602. The van der Waals surface area contributed by atoms with Crippen molar-refractivity contribution in [1.82, 2.24) is 19.5 Å².